The van der Waals surface area contributed by atoms with Crippen molar-refractivity contribution in [1.82, 2.24) is 9.80 Å². The number of likely N-dealkylation sites (N-methyl/N-ethyl adjacent to an activating group) is 1. The Bertz CT molecular complexity index is 389. The van der Waals surface area contributed by atoms with Crippen molar-refractivity contribution in [3.8, 4) is 6.07 Å². The van der Waals surface area contributed by atoms with Gasteiger partial charge in [-0.05, 0) is 32.4 Å². The molecule has 0 aromatic carbocycles. The molecule has 1 unspecified atom stereocenters. The average Bonchev–Trinajstić information content (AvgIpc) is 2.86. The van der Waals surface area contributed by atoms with Crippen molar-refractivity contribution in [3.05, 3.63) is 0 Å². The topological polar surface area (TPSA) is 47.3 Å². The summed E-state index contributed by atoms with van der Waals surface area (Å²) in [5, 5.41) is 9.66. The van der Waals surface area contributed by atoms with Crippen molar-refractivity contribution in [2.75, 3.05) is 26.2 Å². The molecule has 2 fully saturated rings. The molecule has 1 amide bonds. The standard InChI is InChI=1S/C17H29N3O/c1-3-19(4-2)15-9-12-20(13-15)16(21)17(14-18)10-7-5-6-8-11-17/h15H,3-13H2,1-2H3. The molecule has 0 bridgehead atoms. The van der Waals surface area contributed by atoms with Gasteiger partial charge in [0.15, 0.2) is 0 Å². The van der Waals surface area contributed by atoms with E-state index in [2.05, 4.69) is 24.8 Å². The summed E-state index contributed by atoms with van der Waals surface area (Å²) in [6.45, 7) is 8.05. The predicted octanol–water partition coefficient (Wildman–Crippen LogP) is 2.79. The van der Waals surface area contributed by atoms with Crippen LogP contribution in [0.15, 0.2) is 0 Å². The lowest BCUT2D eigenvalue weighted by molar-refractivity contribution is -0.138. The van der Waals surface area contributed by atoms with Gasteiger partial charge < -0.3 is 4.90 Å². The SMILES string of the molecule is CCN(CC)C1CCN(C(=O)C2(C#N)CCCCCC2)C1. The number of nitriles is 1. The number of amides is 1. The molecule has 1 heterocycles. The molecule has 1 aliphatic heterocycles. The Balaban J connectivity index is 2.04. The van der Waals surface area contributed by atoms with Gasteiger partial charge in [0.1, 0.15) is 5.41 Å². The smallest absolute Gasteiger partial charge is 0.243 e. The first-order chi connectivity index (χ1) is 10.2. The van der Waals surface area contributed by atoms with Crippen LogP contribution < -0.4 is 0 Å². The molecule has 0 N–H and O–H groups in total. The molecule has 0 aromatic rings. The summed E-state index contributed by atoms with van der Waals surface area (Å²) in [5.41, 5.74) is -0.728. The van der Waals surface area contributed by atoms with Gasteiger partial charge in [-0.3, -0.25) is 9.69 Å². The van der Waals surface area contributed by atoms with Gasteiger partial charge in [0, 0.05) is 19.1 Å². The maximum atomic E-state index is 12.9. The van der Waals surface area contributed by atoms with Crippen LogP contribution in [-0.4, -0.2) is 47.9 Å². The van der Waals surface area contributed by atoms with Gasteiger partial charge in [0.25, 0.3) is 0 Å². The van der Waals surface area contributed by atoms with Crippen LogP contribution in [-0.2, 0) is 4.79 Å². The van der Waals surface area contributed by atoms with Crippen LogP contribution in [0.4, 0.5) is 0 Å². The summed E-state index contributed by atoms with van der Waals surface area (Å²) < 4.78 is 0. The molecule has 118 valence electrons. The fraction of sp³-hybridized carbons (Fsp3) is 0.882. The number of hydrogen-bond acceptors (Lipinski definition) is 3. The molecule has 1 saturated heterocycles. The van der Waals surface area contributed by atoms with Crippen LogP contribution in [0.1, 0.15) is 58.8 Å². The van der Waals surface area contributed by atoms with Gasteiger partial charge in [-0.15, -0.1) is 0 Å². The van der Waals surface area contributed by atoms with E-state index in [1.54, 1.807) is 0 Å². The van der Waals surface area contributed by atoms with Crippen molar-refractivity contribution < 1.29 is 4.79 Å². The zero-order valence-electron chi connectivity index (χ0n) is 13.6. The maximum Gasteiger partial charge on any atom is 0.243 e. The Morgan fingerprint density at radius 1 is 1.24 bits per heavy atom. The monoisotopic (exact) mass is 291 g/mol. The van der Waals surface area contributed by atoms with Crippen LogP contribution in [0.25, 0.3) is 0 Å². The van der Waals surface area contributed by atoms with Gasteiger partial charge in [-0.2, -0.15) is 5.26 Å². The number of hydrogen-bond donors (Lipinski definition) is 0. The van der Waals surface area contributed by atoms with Crippen LogP contribution in [0.5, 0.6) is 0 Å². The molecule has 0 aromatic heterocycles. The molecule has 21 heavy (non-hydrogen) atoms. The van der Waals surface area contributed by atoms with E-state index < -0.39 is 5.41 Å². The fourth-order valence-corrected chi connectivity index (χ4v) is 3.97. The molecule has 2 aliphatic rings. The number of carbonyl (C=O) groups excluding carboxylic acids is 1. The Labute approximate surface area is 129 Å². The highest BCUT2D eigenvalue weighted by atomic mass is 16.2. The second-order valence-corrected chi connectivity index (χ2v) is 6.52. The van der Waals surface area contributed by atoms with E-state index in [9.17, 15) is 10.1 Å². The molecular formula is C17H29N3O. The first-order valence-corrected chi connectivity index (χ1v) is 8.61. The lowest BCUT2D eigenvalue weighted by Gasteiger charge is -2.30. The highest BCUT2D eigenvalue weighted by molar-refractivity contribution is 5.85. The van der Waals surface area contributed by atoms with E-state index in [-0.39, 0.29) is 5.91 Å². The van der Waals surface area contributed by atoms with Gasteiger partial charge in [-0.25, -0.2) is 0 Å². The molecule has 0 radical (unpaired) electrons. The Kier molecular flexibility index (Phi) is 5.64. The molecule has 1 saturated carbocycles. The molecule has 1 atom stereocenters. The summed E-state index contributed by atoms with van der Waals surface area (Å²) >= 11 is 0. The first kappa shape index (κ1) is 16.3. The normalized spacial score (nSPS) is 25.6. The summed E-state index contributed by atoms with van der Waals surface area (Å²) in [6.07, 6.45) is 6.94. The summed E-state index contributed by atoms with van der Waals surface area (Å²) in [5.74, 6) is 0.113. The zero-order valence-corrected chi connectivity index (χ0v) is 13.6. The maximum absolute atomic E-state index is 12.9. The minimum Gasteiger partial charge on any atom is -0.340 e. The molecule has 1 aliphatic carbocycles. The third kappa shape index (κ3) is 3.40. The van der Waals surface area contributed by atoms with Crippen molar-refractivity contribution >= 4 is 5.91 Å². The minimum atomic E-state index is -0.728. The molecule has 2 rings (SSSR count). The third-order valence-electron chi connectivity index (χ3n) is 5.36. The largest absolute Gasteiger partial charge is 0.340 e. The Morgan fingerprint density at radius 3 is 2.38 bits per heavy atom. The van der Waals surface area contributed by atoms with E-state index >= 15 is 0 Å². The lowest BCUT2D eigenvalue weighted by atomic mass is 9.80. The lowest BCUT2D eigenvalue weighted by Crippen LogP contribution is -2.44. The average molecular weight is 291 g/mol. The number of likely N-dealkylation sites (tertiary alicyclic amines) is 1. The van der Waals surface area contributed by atoms with E-state index in [4.69, 9.17) is 0 Å². The molecule has 4 heteroatoms. The summed E-state index contributed by atoms with van der Waals surface area (Å²) in [6, 6.07) is 2.88. The van der Waals surface area contributed by atoms with Crippen molar-refractivity contribution in [2.45, 2.75) is 64.8 Å². The highest BCUT2D eigenvalue weighted by Gasteiger charge is 2.43. The number of carbonyl (C=O) groups is 1. The van der Waals surface area contributed by atoms with Gasteiger partial charge in [0.05, 0.1) is 6.07 Å². The second-order valence-electron chi connectivity index (χ2n) is 6.52. The van der Waals surface area contributed by atoms with E-state index in [1.165, 1.54) is 12.8 Å². The number of nitrogens with zero attached hydrogens (tertiary/aromatic N) is 3. The van der Waals surface area contributed by atoms with Gasteiger partial charge >= 0.3 is 0 Å². The quantitative estimate of drug-likeness (QED) is 0.748. The van der Waals surface area contributed by atoms with E-state index in [0.717, 1.165) is 58.3 Å². The molecular weight excluding hydrogens is 262 g/mol. The van der Waals surface area contributed by atoms with Gasteiger partial charge in [-0.1, -0.05) is 39.5 Å². The Hall–Kier alpha value is -1.08. The van der Waals surface area contributed by atoms with Gasteiger partial charge in [0.2, 0.25) is 5.91 Å². The molecule has 4 nitrogen and oxygen atoms in total. The summed E-state index contributed by atoms with van der Waals surface area (Å²) in [7, 11) is 0. The zero-order chi connectivity index (χ0) is 15.3. The predicted molar refractivity (Wildman–Crippen MR) is 83.7 cm³/mol. The van der Waals surface area contributed by atoms with E-state index in [1.807, 2.05) is 4.90 Å². The van der Waals surface area contributed by atoms with Crippen LogP contribution >= 0.6 is 0 Å². The van der Waals surface area contributed by atoms with E-state index in [0.29, 0.717) is 6.04 Å². The number of rotatable bonds is 4. The van der Waals surface area contributed by atoms with Crippen LogP contribution in [0, 0.1) is 16.7 Å². The fourth-order valence-electron chi connectivity index (χ4n) is 3.97. The summed E-state index contributed by atoms with van der Waals surface area (Å²) in [4.78, 5) is 17.3. The highest BCUT2D eigenvalue weighted by Crippen LogP contribution is 2.37. The van der Waals surface area contributed by atoms with Crippen molar-refractivity contribution in [2.24, 2.45) is 5.41 Å². The Morgan fingerprint density at radius 2 is 1.86 bits per heavy atom. The van der Waals surface area contributed by atoms with Crippen LogP contribution in [0.3, 0.4) is 0 Å². The first-order valence-electron chi connectivity index (χ1n) is 8.61. The second kappa shape index (κ2) is 7.26. The van der Waals surface area contributed by atoms with Crippen molar-refractivity contribution in [1.29, 1.82) is 5.26 Å². The minimum absolute atomic E-state index is 0.113. The third-order valence-corrected chi connectivity index (χ3v) is 5.36. The molecule has 0 spiro atoms. The van der Waals surface area contributed by atoms with Crippen molar-refractivity contribution in [3.63, 3.8) is 0 Å². The van der Waals surface area contributed by atoms with Crippen LogP contribution in [0.2, 0.25) is 0 Å².